The minimum Gasteiger partial charge on any atom is -0.494 e. The maximum absolute atomic E-state index is 9.71. The summed E-state index contributed by atoms with van der Waals surface area (Å²) in [4.78, 5) is 2.43. The van der Waals surface area contributed by atoms with Gasteiger partial charge in [-0.15, -0.1) is 0 Å². The molecule has 2 rings (SSSR count). The molecule has 3 heteroatoms. The number of aliphatic hydroxyl groups is 1. The van der Waals surface area contributed by atoms with Gasteiger partial charge in [-0.25, -0.2) is 0 Å². The molecule has 0 aliphatic carbocycles. The molecule has 1 N–H and O–H groups in total. The van der Waals surface area contributed by atoms with E-state index in [1.165, 1.54) is 11.1 Å². The first-order valence-corrected chi connectivity index (χ1v) is 7.66. The molecular formula is C17H27NO2. The van der Waals surface area contributed by atoms with Crippen molar-refractivity contribution in [2.45, 2.75) is 39.7 Å². The highest BCUT2D eigenvalue weighted by molar-refractivity contribution is 5.33. The topological polar surface area (TPSA) is 32.7 Å². The summed E-state index contributed by atoms with van der Waals surface area (Å²) in [5.74, 6) is 1.36. The van der Waals surface area contributed by atoms with Gasteiger partial charge in [0.05, 0.1) is 12.7 Å². The summed E-state index contributed by atoms with van der Waals surface area (Å²) in [7, 11) is 0. The van der Waals surface area contributed by atoms with Crippen molar-refractivity contribution in [1.82, 2.24) is 4.90 Å². The van der Waals surface area contributed by atoms with E-state index in [1.54, 1.807) is 0 Å². The molecule has 1 fully saturated rings. The Morgan fingerprint density at radius 3 is 2.80 bits per heavy atom. The smallest absolute Gasteiger partial charge is 0.119 e. The van der Waals surface area contributed by atoms with Crippen LogP contribution >= 0.6 is 0 Å². The fraction of sp³-hybridized carbons (Fsp3) is 0.647. The van der Waals surface area contributed by atoms with Gasteiger partial charge >= 0.3 is 0 Å². The first kappa shape index (κ1) is 15.3. The average Bonchev–Trinajstić information content (AvgIpc) is 2.42. The second-order valence-corrected chi connectivity index (χ2v) is 6.08. The van der Waals surface area contributed by atoms with Crippen LogP contribution in [0.2, 0.25) is 0 Å². The zero-order chi connectivity index (χ0) is 14.5. The molecule has 1 saturated heterocycles. The molecule has 2 unspecified atom stereocenters. The van der Waals surface area contributed by atoms with Crippen molar-refractivity contribution in [3.05, 3.63) is 29.3 Å². The van der Waals surface area contributed by atoms with Gasteiger partial charge in [-0.1, -0.05) is 13.0 Å². The highest BCUT2D eigenvalue weighted by Crippen LogP contribution is 2.18. The Hall–Kier alpha value is -1.06. The maximum Gasteiger partial charge on any atom is 0.119 e. The highest BCUT2D eigenvalue weighted by atomic mass is 16.5. The van der Waals surface area contributed by atoms with Crippen LogP contribution in [0.15, 0.2) is 18.2 Å². The molecule has 0 aromatic heterocycles. The Kier molecular flexibility index (Phi) is 5.44. The van der Waals surface area contributed by atoms with Gasteiger partial charge in [0.15, 0.2) is 0 Å². The molecule has 1 aromatic carbocycles. The Morgan fingerprint density at radius 1 is 1.30 bits per heavy atom. The van der Waals surface area contributed by atoms with Gasteiger partial charge in [-0.2, -0.15) is 0 Å². The van der Waals surface area contributed by atoms with E-state index >= 15 is 0 Å². The molecule has 0 radical (unpaired) electrons. The van der Waals surface area contributed by atoms with Crippen molar-refractivity contribution < 1.29 is 9.84 Å². The van der Waals surface area contributed by atoms with Crippen molar-refractivity contribution in [2.24, 2.45) is 5.92 Å². The molecule has 0 saturated carbocycles. The molecule has 112 valence electrons. The summed E-state index contributed by atoms with van der Waals surface area (Å²) in [6.07, 6.45) is 1.83. The quantitative estimate of drug-likeness (QED) is 0.840. The summed E-state index contributed by atoms with van der Waals surface area (Å²) >= 11 is 0. The molecule has 1 aliphatic rings. The lowest BCUT2D eigenvalue weighted by molar-refractivity contribution is 0.0334. The Labute approximate surface area is 122 Å². The standard InChI is InChI=1S/C17H27NO2/c1-13-5-6-16(11-14(13)2)20-10-4-8-18-9-7-17(19)15(3)12-18/h5-6,11,15,17,19H,4,7-10,12H2,1-3H3. The number of likely N-dealkylation sites (tertiary alicyclic amines) is 1. The van der Waals surface area contributed by atoms with E-state index in [0.29, 0.717) is 5.92 Å². The largest absolute Gasteiger partial charge is 0.494 e. The molecule has 3 nitrogen and oxygen atoms in total. The van der Waals surface area contributed by atoms with E-state index < -0.39 is 0 Å². The van der Waals surface area contributed by atoms with Gasteiger partial charge in [0.2, 0.25) is 0 Å². The predicted octanol–water partition coefficient (Wildman–Crippen LogP) is 2.78. The number of benzene rings is 1. The first-order chi connectivity index (χ1) is 9.56. The lowest BCUT2D eigenvalue weighted by Gasteiger charge is -2.34. The Bertz CT molecular complexity index is 433. The number of aryl methyl sites for hydroxylation is 2. The average molecular weight is 277 g/mol. The molecule has 20 heavy (non-hydrogen) atoms. The fourth-order valence-electron chi connectivity index (χ4n) is 2.70. The van der Waals surface area contributed by atoms with Crippen molar-refractivity contribution in [3.63, 3.8) is 0 Å². The van der Waals surface area contributed by atoms with Gasteiger partial charge < -0.3 is 14.7 Å². The highest BCUT2D eigenvalue weighted by Gasteiger charge is 2.23. The molecule has 0 amide bonds. The van der Waals surface area contributed by atoms with Gasteiger partial charge in [-0.05, 0) is 55.9 Å². The van der Waals surface area contributed by atoms with E-state index in [2.05, 4.69) is 37.8 Å². The molecule has 1 aliphatic heterocycles. The number of hydrogen-bond acceptors (Lipinski definition) is 3. The lowest BCUT2D eigenvalue weighted by Crippen LogP contribution is -2.42. The van der Waals surface area contributed by atoms with Gasteiger partial charge in [0, 0.05) is 19.6 Å². The summed E-state index contributed by atoms with van der Waals surface area (Å²) in [6, 6.07) is 6.26. The minimum atomic E-state index is -0.113. The van der Waals surface area contributed by atoms with Crippen LogP contribution in [0.1, 0.15) is 30.9 Å². The number of hydrogen-bond donors (Lipinski definition) is 1. The number of piperidine rings is 1. The first-order valence-electron chi connectivity index (χ1n) is 7.66. The van der Waals surface area contributed by atoms with Crippen LogP contribution in [0.3, 0.4) is 0 Å². The van der Waals surface area contributed by atoms with Crippen LogP contribution in [-0.2, 0) is 0 Å². The second-order valence-electron chi connectivity index (χ2n) is 6.08. The van der Waals surface area contributed by atoms with E-state index in [-0.39, 0.29) is 6.10 Å². The molecule has 2 atom stereocenters. The van der Waals surface area contributed by atoms with E-state index in [4.69, 9.17) is 4.74 Å². The number of aliphatic hydroxyl groups excluding tert-OH is 1. The zero-order valence-corrected chi connectivity index (χ0v) is 12.9. The van der Waals surface area contributed by atoms with Crippen LogP contribution in [0.4, 0.5) is 0 Å². The molecule has 0 spiro atoms. The molecule has 1 heterocycles. The summed E-state index contributed by atoms with van der Waals surface area (Å²) in [5, 5.41) is 9.71. The molecular weight excluding hydrogens is 250 g/mol. The van der Waals surface area contributed by atoms with Crippen LogP contribution < -0.4 is 4.74 Å². The summed E-state index contributed by atoms with van der Waals surface area (Å²) in [5.41, 5.74) is 2.58. The second kappa shape index (κ2) is 7.09. The van der Waals surface area contributed by atoms with E-state index in [1.807, 2.05) is 6.07 Å². The number of ether oxygens (including phenoxy) is 1. The van der Waals surface area contributed by atoms with Crippen molar-refractivity contribution >= 4 is 0 Å². The fourth-order valence-corrected chi connectivity index (χ4v) is 2.70. The van der Waals surface area contributed by atoms with Crippen LogP contribution in [0.25, 0.3) is 0 Å². The van der Waals surface area contributed by atoms with Crippen LogP contribution in [0, 0.1) is 19.8 Å². The minimum absolute atomic E-state index is 0.113. The monoisotopic (exact) mass is 277 g/mol. The van der Waals surface area contributed by atoms with Gasteiger partial charge in [0.25, 0.3) is 0 Å². The molecule has 0 bridgehead atoms. The van der Waals surface area contributed by atoms with Gasteiger partial charge in [-0.3, -0.25) is 0 Å². The lowest BCUT2D eigenvalue weighted by atomic mass is 9.97. The SMILES string of the molecule is Cc1ccc(OCCCN2CCC(O)C(C)C2)cc1C. The van der Waals surface area contributed by atoms with Crippen molar-refractivity contribution in [3.8, 4) is 5.75 Å². The van der Waals surface area contributed by atoms with Crippen molar-refractivity contribution in [2.75, 3.05) is 26.2 Å². The Morgan fingerprint density at radius 2 is 2.10 bits per heavy atom. The normalized spacial score (nSPS) is 23.8. The maximum atomic E-state index is 9.71. The number of nitrogens with zero attached hydrogens (tertiary/aromatic N) is 1. The summed E-state index contributed by atoms with van der Waals surface area (Å²) < 4.78 is 5.80. The third-order valence-electron chi connectivity index (χ3n) is 4.31. The van der Waals surface area contributed by atoms with Crippen LogP contribution in [-0.4, -0.2) is 42.4 Å². The third-order valence-corrected chi connectivity index (χ3v) is 4.31. The van der Waals surface area contributed by atoms with Crippen LogP contribution in [0.5, 0.6) is 5.75 Å². The molecule has 1 aromatic rings. The third kappa shape index (κ3) is 4.22. The summed E-state index contributed by atoms with van der Waals surface area (Å²) in [6.45, 7) is 10.2. The Balaban J connectivity index is 1.67. The van der Waals surface area contributed by atoms with Crippen molar-refractivity contribution in [1.29, 1.82) is 0 Å². The zero-order valence-electron chi connectivity index (χ0n) is 12.9. The number of rotatable bonds is 5. The van der Waals surface area contributed by atoms with Gasteiger partial charge in [0.1, 0.15) is 5.75 Å². The predicted molar refractivity (Wildman–Crippen MR) is 82.3 cm³/mol. The van der Waals surface area contributed by atoms with E-state index in [9.17, 15) is 5.11 Å². The van der Waals surface area contributed by atoms with E-state index in [0.717, 1.165) is 44.8 Å².